The summed E-state index contributed by atoms with van der Waals surface area (Å²) in [6.07, 6.45) is 2.78. The van der Waals surface area contributed by atoms with E-state index in [1.807, 2.05) is 43.5 Å². The van der Waals surface area contributed by atoms with Crippen LogP contribution in [0.25, 0.3) is 0 Å². The Morgan fingerprint density at radius 3 is 2.55 bits per heavy atom. The number of piperidine rings is 1. The number of carbonyl (C=O) groups excluding carboxylic acids is 1. The molecule has 0 amide bonds. The quantitative estimate of drug-likeness (QED) is 0.734. The van der Waals surface area contributed by atoms with Gasteiger partial charge in [-0.05, 0) is 56.1 Å². The molecule has 5 rings (SSSR count). The van der Waals surface area contributed by atoms with E-state index in [0.717, 1.165) is 36.4 Å². The first-order valence-corrected chi connectivity index (χ1v) is 11.2. The largest absolute Gasteiger partial charge is 0.493 e. The Morgan fingerprint density at radius 1 is 1.06 bits per heavy atom. The number of hydrogen-bond acceptors (Lipinski definition) is 5. The average molecular weight is 422 g/mol. The van der Waals surface area contributed by atoms with Gasteiger partial charge in [-0.25, -0.2) is 0 Å². The lowest BCUT2D eigenvalue weighted by molar-refractivity contribution is -0.206. The first-order chi connectivity index (χ1) is 15.0. The summed E-state index contributed by atoms with van der Waals surface area (Å²) < 4.78 is 18.8. The van der Waals surface area contributed by atoms with Gasteiger partial charge in [0.2, 0.25) is 0 Å². The Balaban J connectivity index is 1.80. The van der Waals surface area contributed by atoms with E-state index in [9.17, 15) is 4.79 Å². The minimum absolute atomic E-state index is 0.121. The number of nitrogens with zero attached hydrogens (tertiary/aromatic N) is 1. The molecule has 5 nitrogen and oxygen atoms in total. The SMILES string of the molecule is COc1ccc2c(c1Oc1ccccc1)[C@@]13CCN(C)[C@H](C2)[C@]1(OC)[C@H](C)CC(=O)C3. The summed E-state index contributed by atoms with van der Waals surface area (Å²) >= 11 is 0. The average Bonchev–Trinajstić information content (AvgIpc) is 2.76. The number of rotatable bonds is 4. The maximum atomic E-state index is 13.1. The van der Waals surface area contributed by atoms with E-state index in [-0.39, 0.29) is 12.0 Å². The van der Waals surface area contributed by atoms with Gasteiger partial charge in [-0.2, -0.15) is 0 Å². The molecule has 31 heavy (non-hydrogen) atoms. The third-order valence-electron chi connectivity index (χ3n) is 8.05. The van der Waals surface area contributed by atoms with Gasteiger partial charge in [0.25, 0.3) is 0 Å². The van der Waals surface area contributed by atoms with Crippen LogP contribution in [-0.2, 0) is 21.4 Å². The summed E-state index contributed by atoms with van der Waals surface area (Å²) in [6, 6.07) is 14.2. The van der Waals surface area contributed by atoms with Crippen LogP contribution in [0, 0.1) is 5.92 Å². The number of ether oxygens (including phenoxy) is 3. The standard InChI is InChI=1S/C26H31NO4/c1-17-14-19(28)16-25-12-13-27(2)22(26(17,25)30-4)15-18-10-11-21(29-3)24(23(18)25)31-20-8-6-5-7-9-20/h5-11,17,22H,12-16H2,1-4H3/t17-,22-,25+,26-/m1/s1. The van der Waals surface area contributed by atoms with Gasteiger partial charge in [0.05, 0.1) is 12.7 Å². The van der Waals surface area contributed by atoms with Gasteiger partial charge >= 0.3 is 0 Å². The molecule has 5 heteroatoms. The second-order valence-electron chi connectivity index (χ2n) is 9.40. The lowest BCUT2D eigenvalue weighted by Crippen LogP contribution is -2.76. The second-order valence-corrected chi connectivity index (χ2v) is 9.40. The maximum Gasteiger partial charge on any atom is 0.173 e. The molecular formula is C26H31NO4. The molecule has 2 bridgehead atoms. The highest BCUT2D eigenvalue weighted by Crippen LogP contribution is 2.63. The number of hydrogen-bond donors (Lipinski definition) is 0. The first kappa shape index (κ1) is 20.5. The molecule has 2 aliphatic carbocycles. The molecule has 2 aromatic carbocycles. The van der Waals surface area contributed by atoms with Gasteiger partial charge in [0, 0.05) is 37.0 Å². The van der Waals surface area contributed by atoms with Crippen molar-refractivity contribution in [2.24, 2.45) is 5.92 Å². The predicted octanol–water partition coefficient (Wildman–Crippen LogP) is 4.37. The van der Waals surface area contributed by atoms with Crippen LogP contribution in [0.5, 0.6) is 17.2 Å². The number of ketones is 1. The van der Waals surface area contributed by atoms with Crippen LogP contribution in [0.3, 0.4) is 0 Å². The highest BCUT2D eigenvalue weighted by atomic mass is 16.5. The summed E-state index contributed by atoms with van der Waals surface area (Å²) in [5.74, 6) is 2.63. The number of fused-ring (bicyclic) bond motifs is 1. The van der Waals surface area contributed by atoms with Crippen molar-refractivity contribution in [3.8, 4) is 17.2 Å². The van der Waals surface area contributed by atoms with Gasteiger partial charge in [-0.15, -0.1) is 0 Å². The maximum absolute atomic E-state index is 13.1. The van der Waals surface area contributed by atoms with E-state index in [1.54, 1.807) is 7.11 Å². The van der Waals surface area contributed by atoms with Crippen molar-refractivity contribution in [2.45, 2.75) is 49.7 Å². The molecule has 0 N–H and O–H groups in total. The van der Waals surface area contributed by atoms with Crippen LogP contribution < -0.4 is 9.47 Å². The molecule has 2 aromatic rings. The van der Waals surface area contributed by atoms with Crippen LogP contribution in [-0.4, -0.2) is 50.1 Å². The summed E-state index contributed by atoms with van der Waals surface area (Å²) in [7, 11) is 5.69. The molecule has 1 saturated carbocycles. The minimum atomic E-state index is -0.442. The summed E-state index contributed by atoms with van der Waals surface area (Å²) in [5.41, 5.74) is 1.47. The Morgan fingerprint density at radius 2 is 1.84 bits per heavy atom. The van der Waals surface area contributed by atoms with E-state index < -0.39 is 11.0 Å². The fourth-order valence-corrected chi connectivity index (χ4v) is 6.92. The lowest BCUT2D eigenvalue weighted by Gasteiger charge is -2.66. The molecule has 0 spiro atoms. The smallest absolute Gasteiger partial charge is 0.173 e. The highest BCUT2D eigenvalue weighted by molar-refractivity contribution is 5.83. The Hall–Kier alpha value is -2.37. The third kappa shape index (κ3) is 2.72. The van der Waals surface area contributed by atoms with Crippen LogP contribution >= 0.6 is 0 Å². The fraction of sp³-hybridized carbons (Fsp3) is 0.500. The van der Waals surface area contributed by atoms with E-state index >= 15 is 0 Å². The van der Waals surface area contributed by atoms with Crippen LogP contribution in [0.1, 0.15) is 37.3 Å². The molecule has 1 aliphatic heterocycles. The lowest BCUT2D eigenvalue weighted by atomic mass is 9.46. The number of carbonyl (C=O) groups is 1. The van der Waals surface area contributed by atoms with Gasteiger partial charge in [0.15, 0.2) is 11.5 Å². The monoisotopic (exact) mass is 421 g/mol. The molecule has 2 fully saturated rings. The number of methoxy groups -OCH3 is 2. The van der Waals surface area contributed by atoms with Crippen molar-refractivity contribution in [3.05, 3.63) is 53.6 Å². The molecular weight excluding hydrogens is 390 g/mol. The number of benzene rings is 2. The zero-order valence-corrected chi connectivity index (χ0v) is 18.8. The zero-order chi connectivity index (χ0) is 21.8. The molecule has 164 valence electrons. The predicted molar refractivity (Wildman–Crippen MR) is 119 cm³/mol. The molecule has 0 radical (unpaired) electrons. The fourth-order valence-electron chi connectivity index (χ4n) is 6.92. The van der Waals surface area contributed by atoms with E-state index in [1.165, 1.54) is 5.56 Å². The van der Waals surface area contributed by atoms with E-state index in [4.69, 9.17) is 14.2 Å². The third-order valence-corrected chi connectivity index (χ3v) is 8.05. The first-order valence-electron chi connectivity index (χ1n) is 11.2. The van der Waals surface area contributed by atoms with Crippen molar-refractivity contribution < 1.29 is 19.0 Å². The molecule has 3 aliphatic rings. The minimum Gasteiger partial charge on any atom is -0.493 e. The van der Waals surface area contributed by atoms with Gasteiger partial charge in [-0.1, -0.05) is 31.2 Å². The molecule has 0 aromatic heterocycles. The van der Waals surface area contributed by atoms with Crippen molar-refractivity contribution >= 4 is 5.78 Å². The van der Waals surface area contributed by atoms with Crippen LogP contribution in [0.15, 0.2) is 42.5 Å². The zero-order valence-electron chi connectivity index (χ0n) is 18.8. The van der Waals surface area contributed by atoms with Crippen molar-refractivity contribution in [1.82, 2.24) is 4.90 Å². The van der Waals surface area contributed by atoms with Crippen LogP contribution in [0.4, 0.5) is 0 Å². The topological polar surface area (TPSA) is 48.0 Å². The number of likely N-dealkylation sites (tertiary alicyclic amines) is 1. The van der Waals surface area contributed by atoms with E-state index in [2.05, 4.69) is 24.9 Å². The van der Waals surface area contributed by atoms with Gasteiger partial charge < -0.3 is 19.1 Å². The molecule has 1 saturated heterocycles. The number of likely N-dealkylation sites (N-methyl/N-ethyl adjacent to an activating group) is 1. The highest BCUT2D eigenvalue weighted by Gasteiger charge is 2.69. The molecule has 4 atom stereocenters. The van der Waals surface area contributed by atoms with E-state index in [0.29, 0.717) is 24.4 Å². The molecule has 0 unspecified atom stereocenters. The van der Waals surface area contributed by atoms with Crippen LogP contribution in [0.2, 0.25) is 0 Å². The second kappa shape index (κ2) is 7.35. The van der Waals surface area contributed by atoms with Crippen molar-refractivity contribution in [3.63, 3.8) is 0 Å². The van der Waals surface area contributed by atoms with Crippen molar-refractivity contribution in [1.29, 1.82) is 0 Å². The Bertz CT molecular complexity index is 1010. The van der Waals surface area contributed by atoms with Gasteiger partial charge in [0.1, 0.15) is 11.5 Å². The summed E-state index contributed by atoms with van der Waals surface area (Å²) in [6.45, 7) is 3.11. The van der Waals surface area contributed by atoms with Crippen molar-refractivity contribution in [2.75, 3.05) is 27.8 Å². The molecule has 1 heterocycles. The summed E-state index contributed by atoms with van der Waals surface area (Å²) in [4.78, 5) is 15.5. The Labute approximate surface area is 184 Å². The normalized spacial score (nSPS) is 32.2. The number of Topliss-reactive ketones (excluding diaryl/α,β-unsaturated/α-hetero) is 1. The summed E-state index contributed by atoms with van der Waals surface area (Å²) in [5, 5.41) is 0. The van der Waals surface area contributed by atoms with Gasteiger partial charge in [-0.3, -0.25) is 4.79 Å². The number of para-hydroxylation sites is 1. The Kier molecular flexibility index (Phi) is 4.87.